The van der Waals surface area contributed by atoms with Crippen molar-refractivity contribution in [2.75, 3.05) is 31.7 Å². The van der Waals surface area contributed by atoms with Gasteiger partial charge in [0.25, 0.3) is 10.0 Å². The molecule has 38 heavy (non-hydrogen) atoms. The van der Waals surface area contributed by atoms with Crippen molar-refractivity contribution < 1.29 is 27.4 Å². The van der Waals surface area contributed by atoms with Gasteiger partial charge in [-0.1, -0.05) is 32.0 Å². The van der Waals surface area contributed by atoms with E-state index >= 15 is 0 Å². The van der Waals surface area contributed by atoms with E-state index in [0.717, 1.165) is 28.3 Å². The van der Waals surface area contributed by atoms with Crippen LogP contribution in [0.3, 0.4) is 0 Å². The van der Waals surface area contributed by atoms with E-state index in [0.29, 0.717) is 30.3 Å². The highest BCUT2D eigenvalue weighted by Crippen LogP contribution is 2.32. The second-order valence-electron chi connectivity index (χ2n) is 8.54. The van der Waals surface area contributed by atoms with E-state index in [4.69, 9.17) is 14.2 Å². The van der Waals surface area contributed by atoms with Crippen molar-refractivity contribution >= 4 is 21.6 Å². The summed E-state index contributed by atoms with van der Waals surface area (Å²) >= 11 is 0. The highest BCUT2D eigenvalue weighted by atomic mass is 32.2. The van der Waals surface area contributed by atoms with E-state index in [2.05, 4.69) is 37.4 Å². The van der Waals surface area contributed by atoms with E-state index in [1.165, 1.54) is 38.0 Å². The molecule has 3 rings (SSSR count). The minimum absolute atomic E-state index is 0.0271. The topological polar surface area (TPSA) is 94.2 Å². The van der Waals surface area contributed by atoms with Gasteiger partial charge in [-0.3, -0.25) is 9.10 Å². The minimum Gasteiger partial charge on any atom is -0.494 e. The van der Waals surface area contributed by atoms with Crippen LogP contribution in [0.5, 0.6) is 17.2 Å². The van der Waals surface area contributed by atoms with Crippen LogP contribution in [0.15, 0.2) is 65.6 Å². The normalized spacial score (nSPS) is 11.1. The lowest BCUT2D eigenvalue weighted by Gasteiger charge is -2.25. The molecule has 0 bridgehead atoms. The number of carbonyl (C=O) groups is 1. The van der Waals surface area contributed by atoms with Gasteiger partial charge in [0.2, 0.25) is 5.91 Å². The highest BCUT2D eigenvalue weighted by molar-refractivity contribution is 7.92. The van der Waals surface area contributed by atoms with Gasteiger partial charge in [0.05, 0.1) is 31.4 Å². The standard InChI is InChI=1S/C29H36N2O6S/c1-6-21-9-10-22(7-2)23(17-21)19-30-29(32)20-31(24-11-13-25(14-12-24)37-8-3)38(33,34)26-15-16-27(35-4)28(18-26)36-5/h9-18H,6-8,19-20H2,1-5H3,(H,30,32). The van der Waals surface area contributed by atoms with Crippen molar-refractivity contribution in [2.24, 2.45) is 0 Å². The number of aryl methyl sites for hydroxylation is 2. The van der Waals surface area contributed by atoms with Crippen LogP contribution in [0.25, 0.3) is 0 Å². The first-order valence-corrected chi connectivity index (χ1v) is 14.1. The van der Waals surface area contributed by atoms with Crippen molar-refractivity contribution in [2.45, 2.75) is 45.1 Å². The van der Waals surface area contributed by atoms with Crippen LogP contribution in [0.1, 0.15) is 37.5 Å². The summed E-state index contributed by atoms with van der Waals surface area (Å²) in [5, 5.41) is 2.91. The molecule has 0 unspecified atom stereocenters. The van der Waals surface area contributed by atoms with Gasteiger partial charge in [0, 0.05) is 12.6 Å². The predicted molar refractivity (Wildman–Crippen MR) is 149 cm³/mol. The summed E-state index contributed by atoms with van der Waals surface area (Å²) in [6.45, 7) is 6.40. The zero-order valence-corrected chi connectivity index (χ0v) is 23.4. The molecule has 0 aromatic heterocycles. The Kier molecular flexibility index (Phi) is 10.0. The molecular formula is C29H36N2O6S. The number of carbonyl (C=O) groups excluding carboxylic acids is 1. The Bertz CT molecular complexity index is 1340. The van der Waals surface area contributed by atoms with Gasteiger partial charge in [-0.05, 0) is 72.9 Å². The molecule has 0 aliphatic rings. The Morgan fingerprint density at radius 3 is 2.16 bits per heavy atom. The van der Waals surface area contributed by atoms with Gasteiger partial charge in [0.1, 0.15) is 12.3 Å². The maximum atomic E-state index is 13.8. The number of hydrogen-bond donors (Lipinski definition) is 1. The zero-order chi connectivity index (χ0) is 27.7. The number of hydrogen-bond acceptors (Lipinski definition) is 6. The molecule has 0 atom stereocenters. The number of benzene rings is 3. The first-order valence-electron chi connectivity index (χ1n) is 12.6. The highest BCUT2D eigenvalue weighted by Gasteiger charge is 2.28. The molecule has 1 amide bonds. The SMILES string of the molecule is CCOc1ccc(N(CC(=O)NCc2cc(CC)ccc2CC)S(=O)(=O)c2ccc(OC)c(OC)c2)cc1. The fourth-order valence-electron chi connectivity index (χ4n) is 4.08. The Balaban J connectivity index is 1.92. The fraction of sp³-hybridized carbons (Fsp3) is 0.345. The van der Waals surface area contributed by atoms with Crippen molar-refractivity contribution in [3.63, 3.8) is 0 Å². The van der Waals surface area contributed by atoms with Crippen LogP contribution in [0.4, 0.5) is 5.69 Å². The Morgan fingerprint density at radius 1 is 0.842 bits per heavy atom. The quantitative estimate of drug-likeness (QED) is 0.337. The molecule has 8 nitrogen and oxygen atoms in total. The first kappa shape index (κ1) is 28.8. The molecule has 1 N–H and O–H groups in total. The molecule has 0 heterocycles. The number of ether oxygens (including phenoxy) is 3. The third-order valence-electron chi connectivity index (χ3n) is 6.20. The first-order chi connectivity index (χ1) is 18.3. The van der Waals surface area contributed by atoms with Crippen LogP contribution in [-0.2, 0) is 34.2 Å². The van der Waals surface area contributed by atoms with Gasteiger partial charge < -0.3 is 19.5 Å². The van der Waals surface area contributed by atoms with Gasteiger partial charge in [-0.15, -0.1) is 0 Å². The van der Waals surface area contributed by atoms with Crippen molar-refractivity contribution in [1.82, 2.24) is 5.32 Å². The minimum atomic E-state index is -4.14. The lowest BCUT2D eigenvalue weighted by Crippen LogP contribution is -2.40. The summed E-state index contributed by atoms with van der Waals surface area (Å²) in [4.78, 5) is 13.1. The maximum absolute atomic E-state index is 13.8. The van der Waals surface area contributed by atoms with Crippen molar-refractivity contribution in [3.8, 4) is 17.2 Å². The average molecular weight is 541 g/mol. The third kappa shape index (κ3) is 6.77. The molecule has 0 aliphatic heterocycles. The van der Waals surface area contributed by atoms with E-state index in [1.807, 2.05) is 6.92 Å². The van der Waals surface area contributed by atoms with E-state index < -0.39 is 22.5 Å². The average Bonchev–Trinajstić information content (AvgIpc) is 2.94. The molecule has 0 saturated heterocycles. The summed E-state index contributed by atoms with van der Waals surface area (Å²) in [5.74, 6) is 0.851. The number of anilines is 1. The molecule has 0 aliphatic carbocycles. The summed E-state index contributed by atoms with van der Waals surface area (Å²) in [6, 6.07) is 17.2. The molecular weight excluding hydrogens is 504 g/mol. The summed E-state index contributed by atoms with van der Waals surface area (Å²) in [7, 11) is -1.23. The monoisotopic (exact) mass is 540 g/mol. The smallest absolute Gasteiger partial charge is 0.264 e. The summed E-state index contributed by atoms with van der Waals surface area (Å²) in [5.41, 5.74) is 3.68. The second kappa shape index (κ2) is 13.2. The van der Waals surface area contributed by atoms with Crippen LogP contribution in [0.2, 0.25) is 0 Å². The Labute approximate surface area is 225 Å². The molecule has 0 fully saturated rings. The molecule has 204 valence electrons. The van der Waals surface area contributed by atoms with Gasteiger partial charge in [-0.25, -0.2) is 8.42 Å². The number of sulfonamides is 1. The van der Waals surface area contributed by atoms with Crippen LogP contribution in [0, 0.1) is 0 Å². The second-order valence-corrected chi connectivity index (χ2v) is 10.4. The summed E-state index contributed by atoms with van der Waals surface area (Å²) < 4.78 is 44.8. The largest absolute Gasteiger partial charge is 0.494 e. The number of rotatable bonds is 13. The lowest BCUT2D eigenvalue weighted by atomic mass is 10.0. The van der Waals surface area contributed by atoms with Crippen molar-refractivity contribution in [3.05, 3.63) is 77.4 Å². The molecule has 0 spiro atoms. The third-order valence-corrected chi connectivity index (χ3v) is 7.97. The van der Waals surface area contributed by atoms with Crippen molar-refractivity contribution in [1.29, 1.82) is 0 Å². The molecule has 0 radical (unpaired) electrons. The lowest BCUT2D eigenvalue weighted by molar-refractivity contribution is -0.119. The van der Waals surface area contributed by atoms with Crippen LogP contribution in [-0.4, -0.2) is 41.7 Å². The van der Waals surface area contributed by atoms with E-state index in [-0.39, 0.29) is 10.6 Å². The zero-order valence-electron chi connectivity index (χ0n) is 22.6. The predicted octanol–water partition coefficient (Wildman–Crippen LogP) is 4.74. The number of methoxy groups -OCH3 is 2. The van der Waals surface area contributed by atoms with E-state index in [1.54, 1.807) is 24.3 Å². The molecule has 0 saturated carbocycles. The van der Waals surface area contributed by atoms with E-state index in [9.17, 15) is 13.2 Å². The fourth-order valence-corrected chi connectivity index (χ4v) is 5.52. The van der Waals surface area contributed by atoms with Gasteiger partial charge >= 0.3 is 0 Å². The molecule has 3 aromatic rings. The number of nitrogens with zero attached hydrogens (tertiary/aromatic N) is 1. The molecule has 3 aromatic carbocycles. The number of nitrogens with one attached hydrogen (secondary N) is 1. The Morgan fingerprint density at radius 2 is 1.55 bits per heavy atom. The maximum Gasteiger partial charge on any atom is 0.264 e. The van der Waals surface area contributed by atoms with Crippen LogP contribution < -0.4 is 23.8 Å². The van der Waals surface area contributed by atoms with Crippen LogP contribution >= 0.6 is 0 Å². The summed E-state index contributed by atoms with van der Waals surface area (Å²) in [6.07, 6.45) is 1.72. The number of amides is 1. The molecule has 9 heteroatoms. The van der Waals surface area contributed by atoms with Gasteiger partial charge in [0.15, 0.2) is 11.5 Å². The Hall–Kier alpha value is -3.72. The van der Waals surface area contributed by atoms with Gasteiger partial charge in [-0.2, -0.15) is 0 Å².